The number of carbonyl (C=O) groups excluding carboxylic acids is 1. The molecule has 1 aromatic carbocycles. The van der Waals surface area contributed by atoms with E-state index >= 15 is 0 Å². The summed E-state index contributed by atoms with van der Waals surface area (Å²) in [4.78, 5) is 11.0. The predicted molar refractivity (Wildman–Crippen MR) is 89.8 cm³/mol. The van der Waals surface area contributed by atoms with Crippen LogP contribution in [0.4, 0.5) is 0 Å². The van der Waals surface area contributed by atoms with Crippen LogP contribution in [0.15, 0.2) is 35.0 Å². The van der Waals surface area contributed by atoms with Crippen molar-refractivity contribution >= 4 is 85.6 Å². The Balaban J connectivity index is 2.96. The van der Waals surface area contributed by atoms with Crippen molar-refractivity contribution < 1.29 is 9.53 Å². The van der Waals surface area contributed by atoms with E-state index in [2.05, 4.69) is 86.2 Å². The minimum atomic E-state index is -0.419. The number of rotatable bonds is 4. The highest BCUT2D eigenvalue weighted by Crippen LogP contribution is 2.44. The van der Waals surface area contributed by atoms with Gasteiger partial charge in [-0.05, 0) is 85.2 Å². The molecule has 0 aromatic heterocycles. The lowest BCUT2D eigenvalue weighted by Crippen LogP contribution is -2.05. The summed E-state index contributed by atoms with van der Waals surface area (Å²) in [5, 5.41) is 0. The van der Waals surface area contributed by atoms with Gasteiger partial charge < -0.3 is 4.74 Å². The smallest absolute Gasteiger partial charge is 0.330 e. The van der Waals surface area contributed by atoms with Gasteiger partial charge in [-0.3, -0.25) is 0 Å². The third kappa shape index (κ3) is 3.91. The largest absolute Gasteiger partial charge is 0.462 e. The van der Waals surface area contributed by atoms with Crippen molar-refractivity contribution in [1.82, 2.24) is 0 Å². The molecule has 0 atom stereocenters. The normalized spacial score (nSPS) is 10.3. The van der Waals surface area contributed by atoms with Crippen LogP contribution in [0.25, 0.3) is 0 Å². The first kappa shape index (κ1) is 16.9. The summed E-state index contributed by atoms with van der Waals surface area (Å²) >= 11 is 17.5. The molecule has 0 spiro atoms. The van der Waals surface area contributed by atoms with Crippen LogP contribution in [0.1, 0.15) is 5.56 Å². The molecule has 0 fully saturated rings. The summed E-state index contributed by atoms with van der Waals surface area (Å²) in [6.07, 6.45) is 1.74. The second-order valence-electron chi connectivity index (χ2n) is 3.17. The maximum atomic E-state index is 11.0. The van der Waals surface area contributed by atoms with Crippen LogP contribution in [0, 0.1) is 0 Å². The van der Waals surface area contributed by atoms with Crippen LogP contribution in [-0.4, -0.2) is 12.6 Å². The van der Waals surface area contributed by atoms with Gasteiger partial charge in [0.05, 0.1) is 6.61 Å². The van der Waals surface area contributed by atoms with Crippen molar-refractivity contribution in [3.05, 3.63) is 40.6 Å². The number of esters is 1. The third-order valence-corrected chi connectivity index (χ3v) is 8.32. The van der Waals surface area contributed by atoms with E-state index in [-0.39, 0.29) is 0 Å². The van der Waals surface area contributed by atoms with Gasteiger partial charge in [-0.2, -0.15) is 0 Å². The van der Waals surface area contributed by atoms with Crippen molar-refractivity contribution in [1.29, 1.82) is 0 Å². The zero-order valence-electron chi connectivity index (χ0n) is 8.90. The Kier molecular flexibility index (Phi) is 7.10. The lowest BCUT2D eigenvalue weighted by molar-refractivity contribution is -0.137. The fourth-order valence-corrected chi connectivity index (χ4v) is 4.71. The van der Waals surface area contributed by atoms with E-state index in [4.69, 9.17) is 4.74 Å². The van der Waals surface area contributed by atoms with Gasteiger partial charge in [0.25, 0.3) is 0 Å². The molecule has 0 unspecified atom stereocenters. The molecule has 98 valence electrons. The van der Waals surface area contributed by atoms with E-state index in [1.54, 1.807) is 0 Å². The van der Waals surface area contributed by atoms with Crippen LogP contribution in [0.5, 0.6) is 0 Å². The van der Waals surface area contributed by atoms with E-state index in [1.165, 1.54) is 0 Å². The quantitative estimate of drug-likeness (QED) is 0.199. The first-order valence-corrected chi connectivity index (χ1v) is 8.66. The molecular weight excluding hydrogens is 564 g/mol. The van der Waals surface area contributed by atoms with Gasteiger partial charge >= 0.3 is 5.97 Å². The second kappa shape index (κ2) is 7.57. The number of hydrogen-bond donors (Lipinski definition) is 0. The van der Waals surface area contributed by atoms with Crippen molar-refractivity contribution in [2.75, 3.05) is 6.61 Å². The zero-order chi connectivity index (χ0) is 13.9. The Morgan fingerprint density at radius 2 is 1.44 bits per heavy atom. The number of halogens is 5. The van der Waals surface area contributed by atoms with Crippen LogP contribution >= 0.6 is 79.6 Å². The lowest BCUT2D eigenvalue weighted by atomic mass is 10.2. The van der Waals surface area contributed by atoms with Gasteiger partial charge in [0.2, 0.25) is 0 Å². The van der Waals surface area contributed by atoms with E-state index in [9.17, 15) is 4.79 Å². The average Bonchev–Trinajstić information content (AvgIpc) is 2.37. The molecular formula is C11H7Br5O2. The predicted octanol–water partition coefficient (Wildman–Crippen LogP) is 5.77. The van der Waals surface area contributed by atoms with Gasteiger partial charge in [-0.15, -0.1) is 0 Å². The molecule has 1 aromatic rings. The van der Waals surface area contributed by atoms with Crippen LogP contribution in [0.2, 0.25) is 0 Å². The molecule has 0 aliphatic rings. The Labute approximate surface area is 147 Å². The zero-order valence-corrected chi connectivity index (χ0v) is 16.8. The standard InChI is InChI=1S/C11H7Br5O2/c1-2-6(17)18-4-3-5-7(12)9(14)11(16)10(15)8(5)13/h2H,1,3-4H2. The lowest BCUT2D eigenvalue weighted by Gasteiger charge is -2.13. The molecule has 0 heterocycles. The van der Waals surface area contributed by atoms with Gasteiger partial charge in [0, 0.05) is 34.9 Å². The molecule has 0 N–H and O–H groups in total. The van der Waals surface area contributed by atoms with Gasteiger partial charge in [0.1, 0.15) is 0 Å². The highest BCUT2D eigenvalue weighted by molar-refractivity contribution is 9.15. The Morgan fingerprint density at radius 1 is 1.00 bits per heavy atom. The van der Waals surface area contributed by atoms with Gasteiger partial charge in [-0.1, -0.05) is 6.58 Å². The molecule has 1 rings (SSSR count). The molecule has 7 heteroatoms. The average molecular weight is 571 g/mol. The fraction of sp³-hybridized carbons (Fsp3) is 0.182. The van der Waals surface area contributed by atoms with E-state index < -0.39 is 5.97 Å². The van der Waals surface area contributed by atoms with Crippen molar-refractivity contribution in [3.63, 3.8) is 0 Å². The van der Waals surface area contributed by atoms with Crippen molar-refractivity contribution in [3.8, 4) is 0 Å². The summed E-state index contributed by atoms with van der Waals surface area (Å²) in [7, 11) is 0. The summed E-state index contributed by atoms with van der Waals surface area (Å²) in [6, 6.07) is 0. The fourth-order valence-electron chi connectivity index (χ4n) is 1.18. The first-order chi connectivity index (χ1) is 8.40. The monoisotopic (exact) mass is 566 g/mol. The van der Waals surface area contributed by atoms with E-state index in [1.807, 2.05) is 0 Å². The summed E-state index contributed by atoms with van der Waals surface area (Å²) in [5.74, 6) is -0.419. The molecule has 0 saturated carbocycles. The molecule has 0 bridgehead atoms. The molecule has 0 saturated heterocycles. The first-order valence-electron chi connectivity index (χ1n) is 4.69. The highest BCUT2D eigenvalue weighted by Gasteiger charge is 2.17. The number of benzene rings is 1. The molecule has 0 radical (unpaired) electrons. The minimum Gasteiger partial charge on any atom is -0.462 e. The van der Waals surface area contributed by atoms with Crippen molar-refractivity contribution in [2.45, 2.75) is 6.42 Å². The molecule has 2 nitrogen and oxygen atoms in total. The maximum Gasteiger partial charge on any atom is 0.330 e. The van der Waals surface area contributed by atoms with Gasteiger partial charge in [-0.25, -0.2) is 4.79 Å². The van der Waals surface area contributed by atoms with E-state index in [0.717, 1.165) is 34.0 Å². The van der Waals surface area contributed by atoms with Crippen LogP contribution in [-0.2, 0) is 16.0 Å². The molecule has 18 heavy (non-hydrogen) atoms. The second-order valence-corrected chi connectivity index (χ2v) is 7.14. The molecule has 0 amide bonds. The summed E-state index contributed by atoms with van der Waals surface area (Å²) in [6.45, 7) is 3.64. The highest BCUT2D eigenvalue weighted by atomic mass is 79.9. The SMILES string of the molecule is C=CC(=O)OCCc1c(Br)c(Br)c(Br)c(Br)c1Br. The maximum absolute atomic E-state index is 11.0. The Bertz CT molecular complexity index is 470. The Morgan fingerprint density at radius 3 is 1.89 bits per heavy atom. The molecule has 0 aliphatic heterocycles. The summed E-state index contributed by atoms with van der Waals surface area (Å²) in [5.41, 5.74) is 1.01. The number of ether oxygens (including phenoxy) is 1. The number of carbonyl (C=O) groups is 1. The van der Waals surface area contributed by atoms with Crippen LogP contribution < -0.4 is 0 Å². The number of hydrogen-bond acceptors (Lipinski definition) is 2. The summed E-state index contributed by atoms with van der Waals surface area (Å²) < 4.78 is 9.53. The Hall–Kier alpha value is 0.830. The van der Waals surface area contributed by atoms with Gasteiger partial charge in [0.15, 0.2) is 0 Å². The topological polar surface area (TPSA) is 26.3 Å². The van der Waals surface area contributed by atoms with Crippen LogP contribution in [0.3, 0.4) is 0 Å². The molecule has 0 aliphatic carbocycles. The minimum absolute atomic E-state index is 0.294. The van der Waals surface area contributed by atoms with E-state index in [0.29, 0.717) is 13.0 Å². The van der Waals surface area contributed by atoms with Crippen molar-refractivity contribution in [2.24, 2.45) is 0 Å². The third-order valence-electron chi connectivity index (χ3n) is 2.06.